The van der Waals surface area contributed by atoms with Gasteiger partial charge in [-0.3, -0.25) is 9.52 Å². The van der Waals surface area contributed by atoms with Gasteiger partial charge in [0.25, 0.3) is 5.91 Å². The predicted octanol–water partition coefficient (Wildman–Crippen LogP) is 4.00. The zero-order valence-corrected chi connectivity index (χ0v) is 18.4. The highest BCUT2D eigenvalue weighted by molar-refractivity contribution is 7.92. The highest BCUT2D eigenvalue weighted by Crippen LogP contribution is 2.31. The van der Waals surface area contributed by atoms with Crippen molar-refractivity contribution in [3.8, 4) is 11.5 Å². The fourth-order valence-corrected chi connectivity index (χ4v) is 3.43. The van der Waals surface area contributed by atoms with Gasteiger partial charge in [0.15, 0.2) is 11.5 Å². The normalized spacial score (nSPS) is 12.2. The smallest absolute Gasteiger partial charge is 0.253 e. The first kappa shape index (κ1) is 22.8. The third-order valence-electron chi connectivity index (χ3n) is 3.93. The molecule has 2 N–H and O–H groups in total. The van der Waals surface area contributed by atoms with E-state index in [1.165, 1.54) is 18.2 Å². The van der Waals surface area contributed by atoms with Gasteiger partial charge in [-0.05, 0) is 56.7 Å². The van der Waals surface area contributed by atoms with E-state index >= 15 is 0 Å². The Morgan fingerprint density at radius 3 is 2.34 bits per heavy atom. The molecule has 0 bridgehead atoms. The SMILES string of the molecule is CCOc1ccc([C@@H](C)NC(=O)c2cc(NS(C)(=O)=O)ccc2Cl)cc1OCC. The molecule has 0 saturated carbocycles. The summed E-state index contributed by atoms with van der Waals surface area (Å²) in [6.45, 7) is 6.61. The fraction of sp³-hybridized carbons (Fsp3) is 0.350. The van der Waals surface area contributed by atoms with Gasteiger partial charge in [0.1, 0.15) is 0 Å². The largest absolute Gasteiger partial charge is 0.490 e. The number of benzene rings is 2. The number of hydrogen-bond acceptors (Lipinski definition) is 5. The fourth-order valence-electron chi connectivity index (χ4n) is 2.67. The Morgan fingerprint density at radius 1 is 1.07 bits per heavy atom. The number of hydrogen-bond donors (Lipinski definition) is 2. The van der Waals surface area contributed by atoms with Crippen LogP contribution in [-0.4, -0.2) is 33.8 Å². The van der Waals surface area contributed by atoms with Crippen LogP contribution in [-0.2, 0) is 10.0 Å². The molecule has 0 fully saturated rings. The maximum atomic E-state index is 12.7. The van der Waals surface area contributed by atoms with E-state index in [2.05, 4.69) is 10.0 Å². The number of carbonyl (C=O) groups excluding carboxylic acids is 1. The zero-order chi connectivity index (χ0) is 21.6. The van der Waals surface area contributed by atoms with E-state index in [9.17, 15) is 13.2 Å². The monoisotopic (exact) mass is 440 g/mol. The summed E-state index contributed by atoms with van der Waals surface area (Å²) in [5.74, 6) is 0.816. The average Bonchev–Trinajstić information content (AvgIpc) is 2.63. The van der Waals surface area contributed by atoms with Gasteiger partial charge in [-0.25, -0.2) is 8.42 Å². The van der Waals surface area contributed by atoms with Crippen molar-refractivity contribution >= 4 is 33.2 Å². The van der Waals surface area contributed by atoms with Crippen molar-refractivity contribution in [1.82, 2.24) is 5.32 Å². The minimum absolute atomic E-state index is 0.170. The zero-order valence-electron chi connectivity index (χ0n) is 16.8. The molecule has 1 amide bonds. The average molecular weight is 441 g/mol. The second-order valence-electron chi connectivity index (χ2n) is 6.34. The number of carbonyl (C=O) groups is 1. The first-order chi connectivity index (χ1) is 13.6. The van der Waals surface area contributed by atoms with Crippen LogP contribution in [0.15, 0.2) is 36.4 Å². The van der Waals surface area contributed by atoms with Crippen molar-refractivity contribution < 1.29 is 22.7 Å². The number of halogens is 1. The molecule has 0 spiro atoms. The van der Waals surface area contributed by atoms with E-state index in [1.807, 2.05) is 32.9 Å². The van der Waals surface area contributed by atoms with E-state index in [0.717, 1.165) is 11.8 Å². The minimum atomic E-state index is -3.47. The summed E-state index contributed by atoms with van der Waals surface area (Å²) in [4.78, 5) is 12.7. The Hall–Kier alpha value is -2.45. The van der Waals surface area contributed by atoms with Crippen molar-refractivity contribution in [2.75, 3.05) is 24.2 Å². The lowest BCUT2D eigenvalue weighted by Gasteiger charge is -2.18. The lowest BCUT2D eigenvalue weighted by atomic mass is 10.1. The van der Waals surface area contributed by atoms with Crippen LogP contribution < -0.4 is 19.5 Å². The Kier molecular flexibility index (Phi) is 7.75. The van der Waals surface area contributed by atoms with E-state index < -0.39 is 15.9 Å². The van der Waals surface area contributed by atoms with Gasteiger partial charge in [0.2, 0.25) is 10.0 Å². The van der Waals surface area contributed by atoms with Crippen LogP contribution in [0, 0.1) is 0 Å². The second kappa shape index (κ2) is 9.84. The Morgan fingerprint density at radius 2 is 1.72 bits per heavy atom. The summed E-state index contributed by atoms with van der Waals surface area (Å²) in [7, 11) is -3.47. The summed E-state index contributed by atoms with van der Waals surface area (Å²) in [6.07, 6.45) is 1.03. The molecule has 0 aliphatic carbocycles. The molecule has 7 nitrogen and oxygen atoms in total. The van der Waals surface area contributed by atoms with E-state index in [-0.39, 0.29) is 22.3 Å². The standard InChI is InChI=1S/C20H25ClN2O5S/c1-5-27-18-10-7-14(11-19(18)28-6-2)13(3)22-20(24)16-12-15(8-9-17(16)21)23-29(4,25)26/h7-13,23H,5-6H2,1-4H3,(H,22,24)/t13-/m1/s1. The minimum Gasteiger partial charge on any atom is -0.490 e. The quantitative estimate of drug-likeness (QED) is 0.614. The van der Waals surface area contributed by atoms with Crippen LogP contribution in [0.25, 0.3) is 0 Å². The number of ether oxygens (including phenoxy) is 2. The Balaban J connectivity index is 2.22. The van der Waals surface area contributed by atoms with Crippen molar-refractivity contribution in [2.24, 2.45) is 0 Å². The molecule has 0 aliphatic rings. The molecule has 29 heavy (non-hydrogen) atoms. The van der Waals surface area contributed by atoms with Gasteiger partial charge in [0.05, 0.1) is 36.1 Å². The maximum Gasteiger partial charge on any atom is 0.253 e. The molecule has 0 unspecified atom stereocenters. The molecule has 2 rings (SSSR count). The third kappa shape index (κ3) is 6.54. The lowest BCUT2D eigenvalue weighted by Crippen LogP contribution is -2.27. The Labute approximate surface area is 176 Å². The van der Waals surface area contributed by atoms with Crippen molar-refractivity contribution in [3.05, 3.63) is 52.5 Å². The summed E-state index contributed by atoms with van der Waals surface area (Å²) in [6, 6.07) is 9.48. The molecular formula is C20H25ClN2O5S. The first-order valence-electron chi connectivity index (χ1n) is 9.12. The molecule has 2 aromatic carbocycles. The molecule has 158 valence electrons. The third-order valence-corrected chi connectivity index (χ3v) is 4.87. The highest BCUT2D eigenvalue weighted by Gasteiger charge is 2.17. The van der Waals surface area contributed by atoms with Crippen LogP contribution >= 0.6 is 11.6 Å². The van der Waals surface area contributed by atoms with Gasteiger partial charge in [-0.2, -0.15) is 0 Å². The molecular weight excluding hydrogens is 416 g/mol. The Bertz CT molecular complexity index is 979. The van der Waals surface area contributed by atoms with Crippen LogP contribution in [0.2, 0.25) is 5.02 Å². The summed E-state index contributed by atoms with van der Waals surface area (Å²) in [5.41, 5.74) is 1.25. The number of nitrogens with one attached hydrogen (secondary N) is 2. The van der Waals surface area contributed by atoms with E-state index in [1.54, 1.807) is 6.07 Å². The molecule has 2 aromatic rings. The topological polar surface area (TPSA) is 93.7 Å². The van der Waals surface area contributed by atoms with Crippen LogP contribution in [0.3, 0.4) is 0 Å². The van der Waals surface area contributed by atoms with Crippen LogP contribution in [0.1, 0.15) is 42.7 Å². The van der Waals surface area contributed by atoms with E-state index in [4.69, 9.17) is 21.1 Å². The number of sulfonamides is 1. The number of anilines is 1. The number of amides is 1. The molecule has 9 heteroatoms. The predicted molar refractivity (Wildman–Crippen MR) is 115 cm³/mol. The molecule has 1 atom stereocenters. The van der Waals surface area contributed by atoms with Crippen molar-refractivity contribution in [3.63, 3.8) is 0 Å². The summed E-state index contributed by atoms with van der Waals surface area (Å²) in [5, 5.41) is 3.09. The highest BCUT2D eigenvalue weighted by atomic mass is 35.5. The van der Waals surface area contributed by atoms with Gasteiger partial charge in [-0.15, -0.1) is 0 Å². The molecule has 0 aliphatic heterocycles. The maximum absolute atomic E-state index is 12.7. The lowest BCUT2D eigenvalue weighted by molar-refractivity contribution is 0.0940. The summed E-state index contributed by atoms with van der Waals surface area (Å²) >= 11 is 6.14. The molecule has 0 heterocycles. The molecule has 0 aromatic heterocycles. The summed E-state index contributed by atoms with van der Waals surface area (Å²) < 4.78 is 36.4. The van der Waals surface area contributed by atoms with Gasteiger partial charge in [-0.1, -0.05) is 17.7 Å². The van der Waals surface area contributed by atoms with Crippen molar-refractivity contribution in [1.29, 1.82) is 0 Å². The van der Waals surface area contributed by atoms with Gasteiger partial charge < -0.3 is 14.8 Å². The second-order valence-corrected chi connectivity index (χ2v) is 8.49. The number of rotatable bonds is 9. The van der Waals surface area contributed by atoms with Gasteiger partial charge in [0, 0.05) is 5.69 Å². The van der Waals surface area contributed by atoms with E-state index in [0.29, 0.717) is 24.7 Å². The van der Waals surface area contributed by atoms with Crippen LogP contribution in [0.5, 0.6) is 11.5 Å². The van der Waals surface area contributed by atoms with Crippen molar-refractivity contribution in [2.45, 2.75) is 26.8 Å². The first-order valence-corrected chi connectivity index (χ1v) is 11.4. The molecule has 0 radical (unpaired) electrons. The molecule has 0 saturated heterocycles. The van der Waals surface area contributed by atoms with Crippen LogP contribution in [0.4, 0.5) is 5.69 Å². The van der Waals surface area contributed by atoms with Gasteiger partial charge >= 0.3 is 0 Å².